The van der Waals surface area contributed by atoms with Gasteiger partial charge < -0.3 is 19.0 Å². The molecule has 0 saturated heterocycles. The Morgan fingerprint density at radius 2 is 1.63 bits per heavy atom. The van der Waals surface area contributed by atoms with Gasteiger partial charge in [-0.2, -0.15) is 0 Å². The van der Waals surface area contributed by atoms with Crippen molar-refractivity contribution in [1.29, 1.82) is 0 Å². The zero-order valence-corrected chi connectivity index (χ0v) is 16.3. The third-order valence-corrected chi connectivity index (χ3v) is 5.65. The molecule has 6 nitrogen and oxygen atoms in total. The molecule has 0 amide bonds. The highest BCUT2D eigenvalue weighted by Crippen LogP contribution is 2.33. The summed E-state index contributed by atoms with van der Waals surface area (Å²) in [5.74, 6) is -0.289. The van der Waals surface area contributed by atoms with Gasteiger partial charge in [-0.05, 0) is 61.8 Å². The molecule has 1 N–H and O–H groups in total. The number of aryl methyl sites for hydroxylation is 2. The van der Waals surface area contributed by atoms with Crippen LogP contribution >= 0.6 is 0 Å². The van der Waals surface area contributed by atoms with Crippen LogP contribution < -0.4 is 0 Å². The predicted octanol–water partition coefficient (Wildman–Crippen LogP) is 3.23. The first-order valence-electron chi connectivity index (χ1n) is 9.52. The van der Waals surface area contributed by atoms with Gasteiger partial charge >= 0.3 is 11.9 Å². The molecule has 6 heteroatoms. The van der Waals surface area contributed by atoms with Crippen LogP contribution in [0.1, 0.15) is 60.0 Å². The minimum absolute atomic E-state index is 0.0371. The molecule has 27 heavy (non-hydrogen) atoms. The molecule has 146 valence electrons. The molecular formula is C21H28N2O4. The number of fused-ring (bicyclic) bond motifs is 2. The van der Waals surface area contributed by atoms with Crippen LogP contribution in [0.4, 0.5) is 0 Å². The molecule has 2 heterocycles. The summed E-state index contributed by atoms with van der Waals surface area (Å²) in [6.45, 7) is 0. The van der Waals surface area contributed by atoms with E-state index >= 15 is 0 Å². The van der Waals surface area contributed by atoms with Crippen molar-refractivity contribution in [2.45, 2.75) is 50.4 Å². The predicted molar refractivity (Wildman–Crippen MR) is 102 cm³/mol. The zero-order chi connectivity index (χ0) is 19.4. The van der Waals surface area contributed by atoms with Gasteiger partial charge in [0.25, 0.3) is 0 Å². The highest BCUT2D eigenvalue weighted by atomic mass is 16.5. The van der Waals surface area contributed by atoms with E-state index in [0.717, 1.165) is 49.7 Å². The topological polar surface area (TPSA) is 73.3 Å². The van der Waals surface area contributed by atoms with E-state index in [0.29, 0.717) is 0 Å². The summed E-state index contributed by atoms with van der Waals surface area (Å²) < 4.78 is 11.7. The van der Waals surface area contributed by atoms with Crippen LogP contribution in [0.2, 0.25) is 0 Å². The van der Waals surface area contributed by atoms with E-state index < -0.39 is 0 Å². The summed E-state index contributed by atoms with van der Waals surface area (Å²) in [5.41, 5.74) is 4.76. The molecule has 0 spiro atoms. The molecule has 0 aromatic carbocycles. The third-order valence-electron chi connectivity index (χ3n) is 5.65. The number of nitrogens with zero attached hydrogens (tertiary/aromatic N) is 1. The molecule has 0 bridgehead atoms. The number of methoxy groups -OCH3 is 2. The van der Waals surface area contributed by atoms with Gasteiger partial charge in [0.1, 0.15) is 0 Å². The van der Waals surface area contributed by atoms with Crippen LogP contribution in [0, 0.1) is 0 Å². The van der Waals surface area contributed by atoms with Crippen molar-refractivity contribution in [3.63, 3.8) is 0 Å². The fourth-order valence-corrected chi connectivity index (χ4v) is 4.22. The number of carbonyl (C=O) groups excluding carboxylic acids is 2. The van der Waals surface area contributed by atoms with E-state index in [4.69, 9.17) is 9.47 Å². The van der Waals surface area contributed by atoms with E-state index in [1.165, 1.54) is 25.6 Å². The number of hydrogen-bond acceptors (Lipinski definition) is 4. The van der Waals surface area contributed by atoms with Crippen molar-refractivity contribution in [3.05, 3.63) is 47.0 Å². The third kappa shape index (κ3) is 3.94. The first kappa shape index (κ1) is 19.3. The lowest BCUT2D eigenvalue weighted by atomic mass is 9.87. The first-order chi connectivity index (χ1) is 13.1. The number of carbonyl (C=O) groups is 2. The minimum atomic E-state index is -0.111. The lowest BCUT2D eigenvalue weighted by Gasteiger charge is -2.21. The Kier molecular flexibility index (Phi) is 6.04. The molecule has 2 atom stereocenters. The second kappa shape index (κ2) is 8.46. The molecule has 2 unspecified atom stereocenters. The van der Waals surface area contributed by atoms with Crippen molar-refractivity contribution in [3.8, 4) is 0 Å². The molecule has 0 radical (unpaired) electrons. The van der Waals surface area contributed by atoms with Crippen molar-refractivity contribution in [2.75, 3.05) is 14.2 Å². The van der Waals surface area contributed by atoms with Crippen molar-refractivity contribution < 1.29 is 19.1 Å². The van der Waals surface area contributed by atoms with Crippen LogP contribution in [0.15, 0.2) is 24.5 Å². The molecular weight excluding hydrogens is 344 g/mol. The Labute approximate surface area is 159 Å². The van der Waals surface area contributed by atoms with Crippen LogP contribution in [0.3, 0.4) is 0 Å². The smallest absolute Gasteiger partial charge is 0.313 e. The molecule has 2 aromatic rings. The van der Waals surface area contributed by atoms with Crippen molar-refractivity contribution in [2.24, 2.45) is 7.05 Å². The summed E-state index contributed by atoms with van der Waals surface area (Å²) in [4.78, 5) is 26.1. The standard InChI is InChI=1S/C11H15NO2.C10H13NO2/c1-12-7-6-8-9(11(13)14-2)4-3-5-10(8)12;1-13-10(12)8-3-2-4-9-7(8)5-6-11-9/h6-7,9H,3-5H2,1-2H3;5-6,8,11H,2-4H2,1H3. The number of esters is 2. The van der Waals surface area contributed by atoms with E-state index in [2.05, 4.69) is 9.55 Å². The maximum atomic E-state index is 11.5. The van der Waals surface area contributed by atoms with Gasteiger partial charge in [-0.1, -0.05) is 0 Å². The summed E-state index contributed by atoms with van der Waals surface area (Å²) in [5, 5.41) is 0. The molecule has 0 aliphatic heterocycles. The second-order valence-electron chi connectivity index (χ2n) is 7.18. The van der Waals surface area contributed by atoms with E-state index in [1.807, 2.05) is 31.6 Å². The van der Waals surface area contributed by atoms with E-state index in [9.17, 15) is 9.59 Å². The summed E-state index contributed by atoms with van der Waals surface area (Å²) in [6.07, 6.45) is 10.0. The van der Waals surface area contributed by atoms with Gasteiger partial charge in [0.05, 0.1) is 26.1 Å². The fourth-order valence-electron chi connectivity index (χ4n) is 4.22. The Morgan fingerprint density at radius 1 is 1.00 bits per heavy atom. The number of aromatic nitrogens is 2. The Hall–Kier alpha value is -2.50. The largest absolute Gasteiger partial charge is 0.469 e. The van der Waals surface area contributed by atoms with Gasteiger partial charge in [-0.15, -0.1) is 0 Å². The summed E-state index contributed by atoms with van der Waals surface area (Å²) >= 11 is 0. The highest BCUT2D eigenvalue weighted by Gasteiger charge is 2.29. The van der Waals surface area contributed by atoms with E-state index in [-0.39, 0.29) is 23.8 Å². The number of H-pyrrole nitrogens is 1. The zero-order valence-electron chi connectivity index (χ0n) is 16.3. The van der Waals surface area contributed by atoms with Gasteiger partial charge in [0.15, 0.2) is 0 Å². The number of hydrogen-bond donors (Lipinski definition) is 1. The SMILES string of the molecule is COC(=O)C1CCCc2[nH]ccc21.COC(=O)C1CCCc2c1ccn2C. The second-order valence-corrected chi connectivity index (χ2v) is 7.18. The maximum absolute atomic E-state index is 11.5. The molecule has 2 aliphatic carbocycles. The molecule has 2 aromatic heterocycles. The quantitative estimate of drug-likeness (QED) is 0.822. The lowest BCUT2D eigenvalue weighted by Crippen LogP contribution is -2.19. The van der Waals surface area contributed by atoms with Gasteiger partial charge in [0, 0.05) is 30.8 Å². The normalized spacial score (nSPS) is 20.6. The molecule has 4 rings (SSSR count). The van der Waals surface area contributed by atoms with Crippen molar-refractivity contribution >= 4 is 11.9 Å². The lowest BCUT2D eigenvalue weighted by molar-refractivity contribution is -0.143. The number of rotatable bonds is 2. The number of nitrogens with one attached hydrogen (secondary N) is 1. The Morgan fingerprint density at radius 3 is 2.30 bits per heavy atom. The maximum Gasteiger partial charge on any atom is 0.313 e. The highest BCUT2D eigenvalue weighted by molar-refractivity contribution is 5.79. The van der Waals surface area contributed by atoms with Crippen molar-refractivity contribution in [1.82, 2.24) is 9.55 Å². The van der Waals surface area contributed by atoms with Gasteiger partial charge in [0.2, 0.25) is 0 Å². The first-order valence-corrected chi connectivity index (χ1v) is 9.52. The van der Waals surface area contributed by atoms with Crippen LogP contribution in [0.5, 0.6) is 0 Å². The fraction of sp³-hybridized carbons (Fsp3) is 0.524. The van der Waals surface area contributed by atoms with E-state index in [1.54, 1.807) is 0 Å². The van der Waals surface area contributed by atoms with Gasteiger partial charge in [-0.25, -0.2) is 0 Å². The minimum Gasteiger partial charge on any atom is -0.469 e. The van der Waals surface area contributed by atoms with Crippen LogP contribution in [0.25, 0.3) is 0 Å². The average Bonchev–Trinajstić information content (AvgIpc) is 3.34. The number of ether oxygens (including phenoxy) is 2. The summed E-state index contributed by atoms with van der Waals surface area (Å²) in [7, 11) is 4.93. The molecule has 0 saturated carbocycles. The van der Waals surface area contributed by atoms with Crippen LogP contribution in [-0.2, 0) is 39.0 Å². The van der Waals surface area contributed by atoms with Crippen LogP contribution in [-0.4, -0.2) is 35.7 Å². The Bertz CT molecular complexity index is 805. The summed E-state index contributed by atoms with van der Waals surface area (Å²) in [6, 6.07) is 4.02. The number of aromatic amines is 1. The Balaban J connectivity index is 0.000000156. The molecule has 2 aliphatic rings. The monoisotopic (exact) mass is 372 g/mol. The average molecular weight is 372 g/mol. The van der Waals surface area contributed by atoms with Gasteiger partial charge in [-0.3, -0.25) is 9.59 Å². The molecule has 0 fully saturated rings.